The first-order valence-corrected chi connectivity index (χ1v) is 15.7. The molecule has 2 aliphatic heterocycles. The van der Waals surface area contributed by atoms with E-state index >= 15 is 0 Å². The van der Waals surface area contributed by atoms with Crippen molar-refractivity contribution in [2.75, 3.05) is 0 Å². The molecule has 3 atom stereocenters. The summed E-state index contributed by atoms with van der Waals surface area (Å²) in [6.45, 7) is 5.78. The summed E-state index contributed by atoms with van der Waals surface area (Å²) in [5.41, 5.74) is 1.24. The Morgan fingerprint density at radius 1 is 1.15 bits per heavy atom. The Hall–Kier alpha value is -5.23. The number of amidine groups is 1. The minimum atomic E-state index is -1.22. The first-order valence-electron chi connectivity index (χ1n) is 14.9. The molecule has 3 aromatic rings. The van der Waals surface area contributed by atoms with Gasteiger partial charge in [-0.1, -0.05) is 73.0 Å². The second-order valence-electron chi connectivity index (χ2n) is 11.6. The van der Waals surface area contributed by atoms with Gasteiger partial charge in [-0.15, -0.1) is 0 Å². The third-order valence-electron chi connectivity index (χ3n) is 7.93. The van der Waals surface area contributed by atoms with Crippen molar-refractivity contribution in [3.05, 3.63) is 126 Å². The van der Waals surface area contributed by atoms with E-state index in [-0.39, 0.29) is 25.5 Å². The highest BCUT2D eigenvalue weighted by molar-refractivity contribution is 8.15. The average molecular weight is 655 g/mol. The number of amides is 4. The van der Waals surface area contributed by atoms with Gasteiger partial charge < -0.3 is 14.5 Å². The predicted octanol–water partition coefficient (Wildman–Crippen LogP) is 5.81. The Labute approximate surface area is 274 Å². The summed E-state index contributed by atoms with van der Waals surface area (Å²) in [4.78, 5) is 59.8. The van der Waals surface area contributed by atoms with Crippen molar-refractivity contribution in [2.45, 2.75) is 49.7 Å². The summed E-state index contributed by atoms with van der Waals surface area (Å²) in [5.74, 6) is -1.21. The zero-order chi connectivity index (χ0) is 33.1. The lowest BCUT2D eigenvalue weighted by Gasteiger charge is -2.32. The van der Waals surface area contributed by atoms with Gasteiger partial charge >= 0.3 is 6.09 Å². The Balaban J connectivity index is 1.14. The summed E-state index contributed by atoms with van der Waals surface area (Å²) < 4.78 is 24.7. The Morgan fingerprint density at radius 2 is 1.96 bits per heavy atom. The molecule has 1 aliphatic carbocycles. The van der Waals surface area contributed by atoms with E-state index in [1.54, 1.807) is 67.6 Å². The summed E-state index contributed by atoms with van der Waals surface area (Å²) in [5, 5.41) is 2.72. The number of allylic oxidation sites excluding steroid dienone is 1. The van der Waals surface area contributed by atoms with Crippen molar-refractivity contribution in [2.24, 2.45) is 4.99 Å². The Kier molecular flexibility index (Phi) is 8.95. The van der Waals surface area contributed by atoms with E-state index in [0.29, 0.717) is 34.2 Å². The summed E-state index contributed by atoms with van der Waals surface area (Å²) in [6, 6.07) is 17.1. The normalized spacial score (nSPS) is 23.4. The molecule has 4 amide bonds. The molecule has 10 nitrogen and oxygen atoms in total. The molecule has 0 bridgehead atoms. The van der Waals surface area contributed by atoms with Crippen LogP contribution < -0.4 is 5.32 Å². The van der Waals surface area contributed by atoms with E-state index in [1.165, 1.54) is 35.1 Å². The third kappa shape index (κ3) is 6.97. The summed E-state index contributed by atoms with van der Waals surface area (Å²) in [7, 11) is 0. The second-order valence-corrected chi connectivity index (χ2v) is 12.6. The SMILES string of the molecule is C=C1CC(=O)N(C(=O)OCc2ccccc2)[C@@H]1C(=O)NC1(C)C=CC(C2SC(=Nc3cccc(F)c3)N(Cc3ccco3)C2=O)=CC1. The molecule has 0 spiro atoms. The quantitative estimate of drug-likeness (QED) is 0.305. The monoisotopic (exact) mass is 654 g/mol. The van der Waals surface area contributed by atoms with Crippen LogP contribution in [0.1, 0.15) is 31.1 Å². The summed E-state index contributed by atoms with van der Waals surface area (Å²) >= 11 is 1.25. The number of halogens is 1. The van der Waals surface area contributed by atoms with Crippen LogP contribution in [0.5, 0.6) is 0 Å². The first-order chi connectivity index (χ1) is 22.6. The van der Waals surface area contributed by atoms with Crippen molar-refractivity contribution >= 4 is 46.4 Å². The van der Waals surface area contributed by atoms with Crippen LogP contribution in [0, 0.1) is 5.82 Å². The number of aliphatic imine (C=N–C) groups is 1. The van der Waals surface area contributed by atoms with Gasteiger partial charge in [-0.3, -0.25) is 19.3 Å². The molecule has 47 heavy (non-hydrogen) atoms. The number of hydrogen-bond donors (Lipinski definition) is 1. The molecule has 1 aromatic heterocycles. The highest BCUT2D eigenvalue weighted by Crippen LogP contribution is 2.38. The van der Waals surface area contributed by atoms with Gasteiger partial charge in [0.15, 0.2) is 5.17 Å². The average Bonchev–Trinajstić information content (AvgIpc) is 3.75. The van der Waals surface area contributed by atoms with Crippen LogP contribution in [0.25, 0.3) is 0 Å². The summed E-state index contributed by atoms with van der Waals surface area (Å²) in [6.07, 6.45) is 6.21. The lowest BCUT2D eigenvalue weighted by atomic mass is 9.88. The van der Waals surface area contributed by atoms with Gasteiger partial charge in [0.2, 0.25) is 17.7 Å². The van der Waals surface area contributed by atoms with Crippen LogP contribution in [0.4, 0.5) is 14.9 Å². The van der Waals surface area contributed by atoms with Crippen LogP contribution in [-0.2, 0) is 32.3 Å². The smallest absolute Gasteiger partial charge is 0.417 e. The van der Waals surface area contributed by atoms with Crippen LogP contribution >= 0.6 is 11.8 Å². The van der Waals surface area contributed by atoms with Gasteiger partial charge in [0.25, 0.3) is 0 Å². The molecule has 2 fully saturated rings. The zero-order valence-electron chi connectivity index (χ0n) is 25.4. The van der Waals surface area contributed by atoms with E-state index in [2.05, 4.69) is 16.9 Å². The minimum absolute atomic E-state index is 0.0518. The highest BCUT2D eigenvalue weighted by atomic mass is 32.2. The number of carbonyl (C=O) groups is 4. The maximum atomic E-state index is 13.9. The molecule has 0 radical (unpaired) electrons. The van der Waals surface area contributed by atoms with Gasteiger partial charge in [-0.2, -0.15) is 0 Å². The molecule has 2 saturated heterocycles. The van der Waals surface area contributed by atoms with Gasteiger partial charge in [-0.25, -0.2) is 19.1 Å². The second kappa shape index (κ2) is 13.2. The number of furan rings is 1. The molecule has 3 aliphatic rings. The molecular formula is C35H31FN4O6S. The number of imide groups is 1. The van der Waals surface area contributed by atoms with Gasteiger partial charge in [0, 0.05) is 0 Å². The highest BCUT2D eigenvalue weighted by Gasteiger charge is 2.46. The topological polar surface area (TPSA) is 122 Å². The van der Waals surface area contributed by atoms with E-state index in [0.717, 1.165) is 10.5 Å². The minimum Gasteiger partial charge on any atom is -0.467 e. The number of rotatable bonds is 8. The number of thioether (sulfide) groups is 1. The van der Waals surface area contributed by atoms with E-state index in [9.17, 15) is 23.6 Å². The fourth-order valence-corrected chi connectivity index (χ4v) is 6.69. The zero-order valence-corrected chi connectivity index (χ0v) is 26.2. The number of carbonyl (C=O) groups excluding carboxylic acids is 4. The van der Waals surface area contributed by atoms with Crippen LogP contribution in [-0.4, -0.2) is 55.6 Å². The maximum Gasteiger partial charge on any atom is 0.417 e. The van der Waals surface area contributed by atoms with Crippen LogP contribution in [0.15, 0.2) is 118 Å². The van der Waals surface area contributed by atoms with Crippen LogP contribution in [0.2, 0.25) is 0 Å². The van der Waals surface area contributed by atoms with Crippen LogP contribution in [0.3, 0.4) is 0 Å². The Morgan fingerprint density at radius 3 is 2.66 bits per heavy atom. The molecule has 6 rings (SSSR count). The largest absolute Gasteiger partial charge is 0.467 e. The molecule has 12 heteroatoms. The first kappa shape index (κ1) is 31.7. The number of likely N-dealkylation sites (tertiary alicyclic amines) is 1. The van der Waals surface area contributed by atoms with Crippen molar-refractivity contribution in [3.8, 4) is 0 Å². The third-order valence-corrected chi connectivity index (χ3v) is 9.16. The number of hydrogen-bond acceptors (Lipinski definition) is 8. The van der Waals surface area contributed by atoms with E-state index < -0.39 is 40.6 Å². The maximum absolute atomic E-state index is 13.9. The van der Waals surface area contributed by atoms with Gasteiger partial charge in [0.1, 0.15) is 29.5 Å². The predicted molar refractivity (Wildman–Crippen MR) is 174 cm³/mol. The molecular weight excluding hydrogens is 623 g/mol. The lowest BCUT2D eigenvalue weighted by Crippen LogP contribution is -2.54. The fraction of sp³-hybridized carbons (Fsp3) is 0.229. The van der Waals surface area contributed by atoms with E-state index in [4.69, 9.17) is 9.15 Å². The standard InChI is InChI=1S/C35H31FN4O6S/c1-22-18-28(41)40(34(44)46-21-23-8-4-3-5-9-23)29(22)31(42)38-35(2)15-13-24(14-16-35)30-32(43)39(20-27-12-7-17-45-27)33(47-30)37-26-11-6-10-25(36)19-26/h3-15,17,19,29-30H,1,16,18,20-21H2,2H3,(H,38,42)/t29-,30?,35?/m0/s1. The number of benzene rings is 2. The van der Waals surface area contributed by atoms with Gasteiger partial charge in [-0.05, 0) is 60.4 Å². The lowest BCUT2D eigenvalue weighted by molar-refractivity contribution is -0.134. The van der Waals surface area contributed by atoms with Crippen molar-refractivity contribution < 1.29 is 32.7 Å². The number of nitrogens with zero attached hydrogens (tertiary/aromatic N) is 3. The molecule has 240 valence electrons. The molecule has 3 heterocycles. The van der Waals surface area contributed by atoms with Crippen molar-refractivity contribution in [3.63, 3.8) is 0 Å². The molecule has 1 N–H and O–H groups in total. The molecule has 2 unspecified atom stereocenters. The van der Waals surface area contributed by atoms with Crippen molar-refractivity contribution in [1.82, 2.24) is 15.1 Å². The Bertz CT molecular complexity index is 1820. The fourth-order valence-electron chi connectivity index (χ4n) is 5.50. The number of nitrogens with one attached hydrogen (secondary N) is 1. The molecule has 2 aromatic carbocycles. The van der Waals surface area contributed by atoms with E-state index in [1.807, 2.05) is 12.1 Å². The van der Waals surface area contributed by atoms with Gasteiger partial charge in [0.05, 0.1) is 30.5 Å². The number of ether oxygens (including phenoxy) is 1. The molecule has 0 saturated carbocycles. The van der Waals surface area contributed by atoms with Crippen molar-refractivity contribution in [1.29, 1.82) is 0 Å².